The minimum absolute atomic E-state index is 0.295. The van der Waals surface area contributed by atoms with E-state index in [2.05, 4.69) is 0 Å². The molecule has 2 aromatic carbocycles. The minimum atomic E-state index is -1.31. The van der Waals surface area contributed by atoms with Crippen LogP contribution in [0.1, 0.15) is 91.5 Å². The maximum absolute atomic E-state index is 13.0. The predicted octanol–water partition coefficient (Wildman–Crippen LogP) is 5.00. The number of hydrogen-bond acceptors (Lipinski definition) is 5. The smallest absolute Gasteiger partial charge is 0.229 e. The molecule has 0 spiro atoms. The summed E-state index contributed by atoms with van der Waals surface area (Å²) < 4.78 is 0. The normalized spacial score (nSPS) is 16.7. The second kappa shape index (κ2) is 9.04. The van der Waals surface area contributed by atoms with Crippen molar-refractivity contribution >= 4 is 11.6 Å². The van der Waals surface area contributed by atoms with E-state index < -0.39 is 56.2 Å². The van der Waals surface area contributed by atoms with E-state index in [4.69, 9.17) is 0 Å². The van der Waals surface area contributed by atoms with Crippen molar-refractivity contribution in [2.45, 2.75) is 85.5 Å². The molecular weight excluding hydrogens is 480 g/mol. The molecule has 1 aliphatic rings. The molecule has 0 saturated heterocycles. The first kappa shape index (κ1) is 29.0. The molecule has 3 rings (SSSR count). The van der Waals surface area contributed by atoms with Gasteiger partial charge in [-0.05, 0) is 52.0 Å². The molecule has 0 bridgehead atoms. The van der Waals surface area contributed by atoms with Crippen LogP contribution >= 0.6 is 0 Å². The maximum Gasteiger partial charge on any atom is 0.229 e. The predicted molar refractivity (Wildman–Crippen MR) is 141 cm³/mol. The summed E-state index contributed by atoms with van der Waals surface area (Å²) in [6.07, 6.45) is 2.87. The van der Waals surface area contributed by atoms with Gasteiger partial charge in [0.15, 0.2) is 5.75 Å². The van der Waals surface area contributed by atoms with Crippen LogP contribution in [0.4, 0.5) is 0 Å². The molecular formula is C32H36O6-3. The van der Waals surface area contributed by atoms with E-state index in [1.54, 1.807) is 25.1 Å². The molecule has 38 heavy (non-hydrogen) atoms. The first-order chi connectivity index (χ1) is 17.1. The molecule has 0 saturated carbocycles. The molecule has 0 aromatic heterocycles. The van der Waals surface area contributed by atoms with Crippen LogP contribution in [-0.4, -0.2) is 11.6 Å². The highest BCUT2D eigenvalue weighted by atomic mass is 16.3. The van der Waals surface area contributed by atoms with Gasteiger partial charge in [-0.1, -0.05) is 97.9 Å². The van der Waals surface area contributed by atoms with Crippen molar-refractivity contribution in [3.8, 4) is 23.0 Å². The molecule has 1 aliphatic carbocycles. The third-order valence-electron chi connectivity index (χ3n) is 7.32. The van der Waals surface area contributed by atoms with Gasteiger partial charge < -0.3 is 15.3 Å². The highest BCUT2D eigenvalue weighted by molar-refractivity contribution is 6.48. The molecule has 0 atom stereocenters. The molecule has 6 nitrogen and oxygen atoms in total. The summed E-state index contributed by atoms with van der Waals surface area (Å²) in [4.78, 5) is 25.8. The summed E-state index contributed by atoms with van der Waals surface area (Å²) >= 11 is 0. The zero-order valence-electron chi connectivity index (χ0n) is 23.9. The second-order valence-electron chi connectivity index (χ2n) is 13.4. The van der Waals surface area contributed by atoms with Crippen molar-refractivity contribution in [2.24, 2.45) is 5.41 Å². The molecule has 0 aliphatic heterocycles. The lowest BCUT2D eigenvalue weighted by atomic mass is 9.65. The van der Waals surface area contributed by atoms with Gasteiger partial charge in [-0.2, -0.15) is 0 Å². The van der Waals surface area contributed by atoms with Crippen molar-refractivity contribution in [1.29, 1.82) is 0 Å². The van der Waals surface area contributed by atoms with E-state index in [1.807, 2.05) is 62.3 Å². The summed E-state index contributed by atoms with van der Waals surface area (Å²) in [6, 6.07) is 5.75. The standard InChI is InChI=1S/C32H39O6/c1-29(2,3)20-11-17(14-23(33)26(20)36)32(10,18-12-21(30(4,5)6)27(37)24(34)15-18)19-13-22(31(7,8)9)28(38)25(35)16-19/h11-16,33-34,36H,1-10H3/p-3. The second-order valence-corrected chi connectivity index (χ2v) is 13.4. The quantitative estimate of drug-likeness (QED) is 0.419. The highest BCUT2D eigenvalue weighted by Crippen LogP contribution is 2.49. The molecule has 0 fully saturated rings. The molecule has 203 valence electrons. The van der Waals surface area contributed by atoms with Crippen molar-refractivity contribution in [3.63, 3.8) is 0 Å². The number of allylic oxidation sites excluding steroid dienone is 4. The van der Waals surface area contributed by atoms with Gasteiger partial charge in [0.2, 0.25) is 11.6 Å². The molecule has 1 radical (unpaired) electrons. The number of rotatable bonds is 3. The Hall–Kier alpha value is -3.54. The van der Waals surface area contributed by atoms with Gasteiger partial charge in [0, 0.05) is 16.6 Å². The summed E-state index contributed by atoms with van der Waals surface area (Å²) in [5.74, 6) is -3.99. The van der Waals surface area contributed by atoms with Crippen LogP contribution in [0.25, 0.3) is 0 Å². The van der Waals surface area contributed by atoms with Crippen LogP contribution in [0.3, 0.4) is 0 Å². The number of hydrogen-bond donors (Lipinski definition) is 0. The third-order valence-corrected chi connectivity index (χ3v) is 7.32. The highest BCUT2D eigenvalue weighted by Gasteiger charge is 2.40. The van der Waals surface area contributed by atoms with Crippen LogP contribution < -0.4 is 15.3 Å². The lowest BCUT2D eigenvalue weighted by Crippen LogP contribution is -2.34. The fourth-order valence-electron chi connectivity index (χ4n) is 4.84. The number of carbonyl (C=O) groups excluding carboxylic acids is 2. The van der Waals surface area contributed by atoms with Crippen molar-refractivity contribution in [3.05, 3.63) is 69.8 Å². The van der Waals surface area contributed by atoms with E-state index in [1.165, 1.54) is 18.2 Å². The molecule has 0 N–H and O–H groups in total. The monoisotopic (exact) mass is 516 g/mol. The molecule has 0 heterocycles. The Morgan fingerprint density at radius 2 is 1.08 bits per heavy atom. The van der Waals surface area contributed by atoms with E-state index in [9.17, 15) is 30.0 Å². The maximum atomic E-state index is 13.0. The Bertz CT molecular complexity index is 1320. The van der Waals surface area contributed by atoms with Crippen molar-refractivity contribution in [2.75, 3.05) is 0 Å². The van der Waals surface area contributed by atoms with Gasteiger partial charge in [0.25, 0.3) is 0 Å². The van der Waals surface area contributed by atoms with E-state index in [0.717, 1.165) is 0 Å². The van der Waals surface area contributed by atoms with Crippen molar-refractivity contribution in [1.82, 2.24) is 0 Å². The van der Waals surface area contributed by atoms with Gasteiger partial charge in [0.1, 0.15) is 0 Å². The summed E-state index contributed by atoms with van der Waals surface area (Å²) in [6.45, 7) is 18.2. The molecule has 0 unspecified atom stereocenters. The van der Waals surface area contributed by atoms with Gasteiger partial charge in [-0.3, -0.25) is 14.7 Å². The van der Waals surface area contributed by atoms with E-state index in [0.29, 0.717) is 33.4 Å². The first-order valence-corrected chi connectivity index (χ1v) is 12.7. The van der Waals surface area contributed by atoms with Gasteiger partial charge in [-0.25, -0.2) is 0 Å². The number of benzene rings is 2. The number of Topliss-reactive ketones (excluding diaryl/α,β-unsaturated/α-hetero) is 1. The number of ketones is 2. The van der Waals surface area contributed by atoms with Crippen LogP contribution in [0.15, 0.2) is 47.6 Å². The van der Waals surface area contributed by atoms with Gasteiger partial charge >= 0.3 is 0 Å². The fraction of sp³-hybridized carbons (Fsp3) is 0.438. The molecule has 6 heteroatoms. The van der Waals surface area contributed by atoms with E-state index in [-0.39, 0.29) is 0 Å². The third kappa shape index (κ3) is 4.96. The topological polar surface area (TPSA) is 123 Å². The van der Waals surface area contributed by atoms with Crippen LogP contribution in [-0.2, 0) is 30.9 Å². The zero-order chi connectivity index (χ0) is 29.2. The van der Waals surface area contributed by atoms with Gasteiger partial charge in [-0.15, -0.1) is 11.5 Å². The van der Waals surface area contributed by atoms with E-state index >= 15 is 0 Å². The Morgan fingerprint density at radius 1 is 0.605 bits per heavy atom. The Balaban J connectivity index is 2.53. The zero-order valence-corrected chi connectivity index (χ0v) is 23.9. The number of carbonyl (C=O) groups is 2. The van der Waals surface area contributed by atoms with Gasteiger partial charge in [0.05, 0.1) is 0 Å². The summed E-state index contributed by atoms with van der Waals surface area (Å²) in [7, 11) is 0. The Labute approximate surface area is 225 Å². The fourth-order valence-corrected chi connectivity index (χ4v) is 4.84. The van der Waals surface area contributed by atoms with Crippen LogP contribution in [0.5, 0.6) is 23.0 Å². The summed E-state index contributed by atoms with van der Waals surface area (Å²) in [5, 5.41) is 51.6. The Morgan fingerprint density at radius 3 is 1.55 bits per heavy atom. The molecule has 2 aromatic rings. The minimum Gasteiger partial charge on any atom is -0.873 e. The average molecular weight is 517 g/mol. The lowest BCUT2D eigenvalue weighted by Gasteiger charge is -2.40. The van der Waals surface area contributed by atoms with Crippen LogP contribution in [0.2, 0.25) is 0 Å². The van der Waals surface area contributed by atoms with Crippen molar-refractivity contribution < 1.29 is 30.0 Å². The SMILES string of the molecule is CC(C)(C)C1=CC(C(C)(c2cc([O-])c([O])c(C(C)(C)C)c2)c2cc([O-])c([O-])c(C(C)(C)C)c2)=CC(=O)C1=O. The first-order valence-electron chi connectivity index (χ1n) is 12.7. The Kier molecular flexibility index (Phi) is 6.90. The lowest BCUT2D eigenvalue weighted by molar-refractivity contribution is -0.318. The largest absolute Gasteiger partial charge is 0.873 e. The van der Waals surface area contributed by atoms with Crippen LogP contribution in [0, 0.1) is 5.41 Å². The summed E-state index contributed by atoms with van der Waals surface area (Å²) in [5.41, 5.74) is -1.24. The molecule has 0 amide bonds. The average Bonchev–Trinajstić information content (AvgIpc) is 2.75.